The molecule has 0 fully saturated rings. The summed E-state index contributed by atoms with van der Waals surface area (Å²) in [6.07, 6.45) is 2.05. The highest BCUT2D eigenvalue weighted by Gasteiger charge is 2.36. The van der Waals surface area contributed by atoms with Gasteiger partial charge < -0.3 is 5.11 Å². The van der Waals surface area contributed by atoms with Crippen LogP contribution in [0.3, 0.4) is 0 Å². The molecule has 2 heterocycles. The molecule has 0 saturated carbocycles. The number of aromatic nitrogens is 2. The fourth-order valence-electron chi connectivity index (χ4n) is 4.29. The molecule has 0 spiro atoms. The van der Waals surface area contributed by atoms with Crippen molar-refractivity contribution < 1.29 is 14.7 Å². The Labute approximate surface area is 216 Å². The van der Waals surface area contributed by atoms with Crippen LogP contribution in [-0.4, -0.2) is 37.5 Å². The number of aliphatic carboxylic acids is 1. The average Bonchev–Trinajstić information content (AvgIpc) is 3.54. The Bertz CT molecular complexity index is 1420. The lowest BCUT2D eigenvalue weighted by Crippen LogP contribution is -2.27. The molecule has 1 aliphatic heterocycles. The molecule has 0 unspecified atom stereocenters. The largest absolute Gasteiger partial charge is 0.481 e. The van der Waals surface area contributed by atoms with Crippen LogP contribution in [0.1, 0.15) is 36.4 Å². The molecule has 5 rings (SSSR count). The first-order chi connectivity index (χ1) is 17.5. The first-order valence-corrected chi connectivity index (χ1v) is 12.4. The summed E-state index contributed by atoms with van der Waals surface area (Å²) < 4.78 is 2.76. The summed E-state index contributed by atoms with van der Waals surface area (Å²) in [5.41, 5.74) is 5.11. The number of amides is 1. The second-order valence-electron chi connectivity index (χ2n) is 8.48. The number of hydrogen-bond donors (Lipinski definition) is 1. The number of carboxylic acid groups (broad SMARTS) is 1. The topological polar surface area (TPSA) is 87.8 Å². The van der Waals surface area contributed by atoms with Gasteiger partial charge in [0.1, 0.15) is 0 Å². The molecule has 8 heteroatoms. The SMILES string of the molecule is O=C(O)CCC(=O)N1N=C(c2ccc(Br)cc2)C[C@H]1c1cn(-c2ccccc2)nc1-c1ccccc1. The van der Waals surface area contributed by atoms with Crippen molar-refractivity contribution in [1.29, 1.82) is 0 Å². The van der Waals surface area contributed by atoms with Crippen LogP contribution in [0.4, 0.5) is 0 Å². The van der Waals surface area contributed by atoms with Gasteiger partial charge in [0, 0.05) is 34.6 Å². The van der Waals surface area contributed by atoms with Crippen molar-refractivity contribution in [1.82, 2.24) is 14.8 Å². The van der Waals surface area contributed by atoms with Crippen molar-refractivity contribution in [2.75, 3.05) is 0 Å². The number of halogens is 1. The smallest absolute Gasteiger partial charge is 0.303 e. The van der Waals surface area contributed by atoms with Crippen molar-refractivity contribution in [3.05, 3.63) is 107 Å². The zero-order chi connectivity index (χ0) is 25.1. The predicted molar refractivity (Wildman–Crippen MR) is 141 cm³/mol. The number of carbonyl (C=O) groups excluding carboxylic acids is 1. The van der Waals surface area contributed by atoms with E-state index in [0.29, 0.717) is 6.42 Å². The number of rotatable bonds is 7. The minimum absolute atomic E-state index is 0.129. The molecule has 1 aromatic heterocycles. The van der Waals surface area contributed by atoms with Crippen LogP contribution in [-0.2, 0) is 9.59 Å². The van der Waals surface area contributed by atoms with Crippen LogP contribution in [0.2, 0.25) is 0 Å². The third kappa shape index (κ3) is 4.99. The van der Waals surface area contributed by atoms with Gasteiger partial charge in [-0.3, -0.25) is 9.59 Å². The minimum atomic E-state index is -1.02. The zero-order valence-electron chi connectivity index (χ0n) is 19.3. The van der Waals surface area contributed by atoms with Gasteiger partial charge in [-0.05, 0) is 29.8 Å². The van der Waals surface area contributed by atoms with Gasteiger partial charge in [0.05, 0.1) is 29.6 Å². The van der Waals surface area contributed by atoms with E-state index in [1.54, 1.807) is 0 Å². The van der Waals surface area contributed by atoms with E-state index >= 15 is 0 Å². The van der Waals surface area contributed by atoms with Gasteiger partial charge >= 0.3 is 5.97 Å². The highest BCUT2D eigenvalue weighted by molar-refractivity contribution is 9.10. The third-order valence-electron chi connectivity index (χ3n) is 6.07. The standard InChI is InChI=1S/C28H23BrN4O3/c29-21-13-11-19(12-14-21)24-17-25(33(30-24)26(34)15-16-27(35)36)23-18-32(22-9-5-2-6-10-22)31-28(23)20-7-3-1-4-8-20/h1-14,18,25H,15-17H2,(H,35,36)/t25-/m0/s1. The molecule has 0 saturated heterocycles. The predicted octanol–water partition coefficient (Wildman–Crippen LogP) is 5.84. The maximum Gasteiger partial charge on any atom is 0.303 e. The van der Waals surface area contributed by atoms with E-state index in [0.717, 1.165) is 38.3 Å². The first-order valence-electron chi connectivity index (χ1n) is 11.6. The quantitative estimate of drug-likeness (QED) is 0.317. The average molecular weight is 543 g/mol. The van der Waals surface area contributed by atoms with E-state index < -0.39 is 12.0 Å². The summed E-state index contributed by atoms with van der Waals surface area (Å²) in [5.74, 6) is -1.35. The molecule has 1 N–H and O–H groups in total. The Balaban J connectivity index is 1.59. The highest BCUT2D eigenvalue weighted by atomic mass is 79.9. The fourth-order valence-corrected chi connectivity index (χ4v) is 4.56. The number of hydrogen-bond acceptors (Lipinski definition) is 4. The number of carboxylic acids is 1. The van der Waals surface area contributed by atoms with Gasteiger partial charge in [0.25, 0.3) is 0 Å². The number of nitrogens with zero attached hydrogens (tertiary/aromatic N) is 4. The summed E-state index contributed by atoms with van der Waals surface area (Å²) in [5, 5.41) is 20.2. The van der Waals surface area contributed by atoms with Gasteiger partial charge in [0.2, 0.25) is 5.91 Å². The van der Waals surface area contributed by atoms with Crippen molar-refractivity contribution in [3.63, 3.8) is 0 Å². The Hall–Kier alpha value is -4.04. The second kappa shape index (κ2) is 10.3. The molecule has 1 amide bonds. The Kier molecular flexibility index (Phi) is 6.77. The molecule has 1 aliphatic rings. The second-order valence-corrected chi connectivity index (χ2v) is 9.40. The lowest BCUT2D eigenvalue weighted by atomic mass is 9.96. The molecular formula is C28H23BrN4O3. The summed E-state index contributed by atoms with van der Waals surface area (Å²) in [4.78, 5) is 24.4. The summed E-state index contributed by atoms with van der Waals surface area (Å²) >= 11 is 3.46. The van der Waals surface area contributed by atoms with Gasteiger partial charge in [-0.2, -0.15) is 10.2 Å². The Morgan fingerprint density at radius 3 is 2.22 bits per heavy atom. The van der Waals surface area contributed by atoms with Gasteiger partial charge in [-0.15, -0.1) is 0 Å². The molecule has 1 atom stereocenters. The van der Waals surface area contributed by atoms with Crippen LogP contribution in [0, 0.1) is 0 Å². The van der Waals surface area contributed by atoms with E-state index in [4.69, 9.17) is 15.3 Å². The molecule has 180 valence electrons. The van der Waals surface area contributed by atoms with Crippen molar-refractivity contribution in [2.45, 2.75) is 25.3 Å². The first kappa shape index (κ1) is 23.7. The van der Waals surface area contributed by atoms with E-state index in [9.17, 15) is 9.59 Å². The molecule has 4 aromatic rings. The lowest BCUT2D eigenvalue weighted by Gasteiger charge is -2.21. The van der Waals surface area contributed by atoms with Crippen molar-refractivity contribution in [2.24, 2.45) is 5.10 Å². The van der Waals surface area contributed by atoms with Crippen molar-refractivity contribution >= 4 is 33.5 Å². The normalized spacial score (nSPS) is 15.1. The summed E-state index contributed by atoms with van der Waals surface area (Å²) in [7, 11) is 0. The van der Waals surface area contributed by atoms with E-state index in [1.807, 2.05) is 95.8 Å². The number of carbonyl (C=O) groups is 2. The maximum absolute atomic E-state index is 13.2. The van der Waals surface area contributed by atoms with Crippen LogP contribution in [0.5, 0.6) is 0 Å². The summed E-state index contributed by atoms with van der Waals surface area (Å²) in [6, 6.07) is 27.0. The van der Waals surface area contributed by atoms with Crippen LogP contribution in [0.25, 0.3) is 16.9 Å². The number of para-hydroxylation sites is 1. The van der Waals surface area contributed by atoms with Gasteiger partial charge in [-0.25, -0.2) is 9.69 Å². The number of benzene rings is 3. The molecule has 0 aliphatic carbocycles. The highest BCUT2D eigenvalue weighted by Crippen LogP contribution is 2.38. The van der Waals surface area contributed by atoms with Crippen molar-refractivity contribution in [3.8, 4) is 16.9 Å². The van der Waals surface area contributed by atoms with Gasteiger partial charge in [0.15, 0.2) is 0 Å². The monoisotopic (exact) mass is 542 g/mol. The van der Waals surface area contributed by atoms with E-state index in [2.05, 4.69) is 15.9 Å². The van der Waals surface area contributed by atoms with E-state index in [1.165, 1.54) is 5.01 Å². The maximum atomic E-state index is 13.2. The molecule has 36 heavy (non-hydrogen) atoms. The fraction of sp³-hybridized carbons (Fsp3) is 0.143. The van der Waals surface area contributed by atoms with Crippen LogP contribution < -0.4 is 0 Å². The molecular weight excluding hydrogens is 520 g/mol. The van der Waals surface area contributed by atoms with E-state index in [-0.39, 0.29) is 18.7 Å². The molecule has 3 aromatic carbocycles. The minimum Gasteiger partial charge on any atom is -0.481 e. The lowest BCUT2D eigenvalue weighted by molar-refractivity contribution is -0.141. The Morgan fingerprint density at radius 2 is 1.56 bits per heavy atom. The zero-order valence-corrected chi connectivity index (χ0v) is 20.9. The summed E-state index contributed by atoms with van der Waals surface area (Å²) in [6.45, 7) is 0. The van der Waals surface area contributed by atoms with Crippen LogP contribution >= 0.6 is 15.9 Å². The molecule has 7 nitrogen and oxygen atoms in total. The van der Waals surface area contributed by atoms with Crippen LogP contribution in [0.15, 0.2) is 101 Å². The Morgan fingerprint density at radius 1 is 0.889 bits per heavy atom. The number of hydrazone groups is 1. The van der Waals surface area contributed by atoms with Gasteiger partial charge in [-0.1, -0.05) is 76.6 Å². The third-order valence-corrected chi connectivity index (χ3v) is 6.59. The molecule has 0 radical (unpaired) electrons. The molecule has 0 bridgehead atoms.